The number of alkyl halides is 3. The summed E-state index contributed by atoms with van der Waals surface area (Å²) in [5, 5.41) is 11.8. The fourth-order valence-electron chi connectivity index (χ4n) is 5.47. The SMILES string of the molecule is CC1(C)C[C@H](CCCNc2cccc(SNC(=O)c3ccc(-n4ccc(OCCCC5(C(F)(F)F)CC5)n4)nc3Cl)n2)CN1. The summed E-state index contributed by atoms with van der Waals surface area (Å²) >= 11 is 7.42. The van der Waals surface area contributed by atoms with Gasteiger partial charge in [-0.1, -0.05) is 17.7 Å². The van der Waals surface area contributed by atoms with E-state index in [1.54, 1.807) is 24.4 Å². The van der Waals surface area contributed by atoms with Gasteiger partial charge < -0.3 is 15.4 Å². The van der Waals surface area contributed by atoms with E-state index in [-0.39, 0.29) is 54.4 Å². The molecule has 2 aliphatic rings. The Morgan fingerprint density at radius 1 is 1.18 bits per heavy atom. The van der Waals surface area contributed by atoms with Crippen LogP contribution in [0.5, 0.6) is 5.88 Å². The molecule has 3 N–H and O–H groups in total. The number of hydrogen-bond acceptors (Lipinski definition) is 8. The molecule has 0 bridgehead atoms. The molecule has 1 aliphatic heterocycles. The van der Waals surface area contributed by atoms with E-state index >= 15 is 0 Å². The molecule has 14 heteroatoms. The number of carbonyl (C=O) groups is 1. The van der Waals surface area contributed by atoms with Crippen LogP contribution in [0.2, 0.25) is 5.15 Å². The minimum atomic E-state index is -4.16. The monoisotopic (exact) mass is 651 g/mol. The van der Waals surface area contributed by atoms with Crippen molar-refractivity contribution in [1.82, 2.24) is 29.8 Å². The van der Waals surface area contributed by atoms with Crippen molar-refractivity contribution in [3.8, 4) is 11.7 Å². The number of amides is 1. The summed E-state index contributed by atoms with van der Waals surface area (Å²) in [6.45, 7) is 6.51. The zero-order chi connectivity index (χ0) is 31.4. The lowest BCUT2D eigenvalue weighted by Crippen LogP contribution is -2.31. The van der Waals surface area contributed by atoms with Crippen molar-refractivity contribution in [1.29, 1.82) is 0 Å². The Hall–Kier alpha value is -3.03. The third-order valence-corrected chi connectivity index (χ3v) is 9.13. The zero-order valence-corrected chi connectivity index (χ0v) is 26.3. The van der Waals surface area contributed by atoms with Gasteiger partial charge in [0.15, 0.2) is 5.82 Å². The average molecular weight is 652 g/mol. The van der Waals surface area contributed by atoms with Crippen LogP contribution >= 0.6 is 23.5 Å². The maximum Gasteiger partial charge on any atom is 0.394 e. The Labute approximate surface area is 264 Å². The first-order chi connectivity index (χ1) is 20.9. The number of hydrogen-bond donors (Lipinski definition) is 3. The van der Waals surface area contributed by atoms with Crippen molar-refractivity contribution in [2.75, 3.05) is 25.0 Å². The number of ether oxygens (including phenoxy) is 1. The third kappa shape index (κ3) is 8.36. The van der Waals surface area contributed by atoms with Gasteiger partial charge in [0.25, 0.3) is 5.91 Å². The normalized spacial score (nSPS) is 18.6. The van der Waals surface area contributed by atoms with Crippen LogP contribution in [0.15, 0.2) is 47.6 Å². The topological polar surface area (TPSA) is 106 Å². The van der Waals surface area contributed by atoms with E-state index in [2.05, 4.69) is 44.3 Å². The number of rotatable bonds is 14. The van der Waals surface area contributed by atoms with Crippen molar-refractivity contribution >= 4 is 35.3 Å². The fraction of sp³-hybridized carbons (Fsp3) is 0.533. The second-order valence-electron chi connectivity index (χ2n) is 12.1. The van der Waals surface area contributed by atoms with Crippen molar-refractivity contribution < 1.29 is 22.7 Å². The van der Waals surface area contributed by atoms with Gasteiger partial charge in [-0.3, -0.25) is 9.52 Å². The highest BCUT2D eigenvalue weighted by molar-refractivity contribution is 7.97. The highest BCUT2D eigenvalue weighted by Gasteiger charge is 2.62. The number of pyridine rings is 2. The highest BCUT2D eigenvalue weighted by atomic mass is 35.5. The first kappa shape index (κ1) is 32.4. The van der Waals surface area contributed by atoms with Crippen LogP contribution in [-0.4, -0.2) is 57.1 Å². The second-order valence-corrected chi connectivity index (χ2v) is 13.3. The minimum absolute atomic E-state index is 0.00956. The first-order valence-electron chi connectivity index (χ1n) is 14.8. The Morgan fingerprint density at radius 3 is 2.70 bits per heavy atom. The molecule has 44 heavy (non-hydrogen) atoms. The van der Waals surface area contributed by atoms with E-state index in [1.807, 2.05) is 18.2 Å². The van der Waals surface area contributed by atoms with Crippen molar-refractivity contribution in [3.05, 3.63) is 53.3 Å². The van der Waals surface area contributed by atoms with Gasteiger partial charge in [-0.15, -0.1) is 5.10 Å². The molecule has 0 spiro atoms. The lowest BCUT2D eigenvalue weighted by atomic mass is 9.94. The molecule has 1 amide bonds. The summed E-state index contributed by atoms with van der Waals surface area (Å²) in [7, 11) is 0. The lowest BCUT2D eigenvalue weighted by Gasteiger charge is -2.18. The van der Waals surface area contributed by atoms with Crippen LogP contribution in [0.25, 0.3) is 5.82 Å². The van der Waals surface area contributed by atoms with Crippen molar-refractivity contribution in [2.45, 2.75) is 75.5 Å². The Bertz CT molecular complexity index is 1450. The molecule has 9 nitrogen and oxygen atoms in total. The minimum Gasteiger partial charge on any atom is -0.477 e. The highest BCUT2D eigenvalue weighted by Crippen LogP contribution is 2.60. The maximum atomic E-state index is 13.1. The molecule has 3 aromatic rings. The predicted octanol–water partition coefficient (Wildman–Crippen LogP) is 6.83. The molecular formula is C30H37ClF3N7O2S. The van der Waals surface area contributed by atoms with Gasteiger partial charge >= 0.3 is 6.18 Å². The van der Waals surface area contributed by atoms with Crippen LogP contribution in [0.3, 0.4) is 0 Å². The number of carbonyl (C=O) groups excluding carboxylic acids is 1. The van der Waals surface area contributed by atoms with Crippen LogP contribution in [0.1, 0.15) is 69.2 Å². The van der Waals surface area contributed by atoms with Gasteiger partial charge in [0.1, 0.15) is 16.0 Å². The zero-order valence-electron chi connectivity index (χ0n) is 24.7. The van der Waals surface area contributed by atoms with E-state index in [1.165, 1.54) is 11.1 Å². The Morgan fingerprint density at radius 2 is 2.00 bits per heavy atom. The van der Waals surface area contributed by atoms with Gasteiger partial charge in [-0.25, -0.2) is 14.6 Å². The van der Waals surface area contributed by atoms with Crippen molar-refractivity contribution in [3.63, 3.8) is 0 Å². The molecule has 238 valence electrons. The fourth-order valence-corrected chi connectivity index (χ4v) is 6.30. The van der Waals surface area contributed by atoms with E-state index in [0.29, 0.717) is 16.8 Å². The number of nitrogens with zero attached hydrogens (tertiary/aromatic N) is 4. The molecule has 4 heterocycles. The van der Waals surface area contributed by atoms with E-state index in [9.17, 15) is 18.0 Å². The van der Waals surface area contributed by atoms with Gasteiger partial charge in [-0.2, -0.15) is 13.2 Å². The largest absolute Gasteiger partial charge is 0.477 e. The molecule has 5 rings (SSSR count). The van der Waals surface area contributed by atoms with E-state index < -0.39 is 17.5 Å². The lowest BCUT2D eigenvalue weighted by molar-refractivity contribution is -0.189. The summed E-state index contributed by atoms with van der Waals surface area (Å²) in [6, 6.07) is 10.3. The number of halogens is 4. The Kier molecular flexibility index (Phi) is 9.96. The van der Waals surface area contributed by atoms with Gasteiger partial charge in [0.2, 0.25) is 5.88 Å². The molecule has 1 aliphatic carbocycles. The molecule has 0 unspecified atom stereocenters. The number of nitrogens with one attached hydrogen (secondary N) is 3. The molecule has 2 fully saturated rings. The summed E-state index contributed by atoms with van der Waals surface area (Å²) in [5.74, 6) is 1.64. The van der Waals surface area contributed by atoms with Gasteiger partial charge in [0.05, 0.1) is 17.6 Å². The second kappa shape index (κ2) is 13.5. The Balaban J connectivity index is 1.06. The van der Waals surface area contributed by atoms with Crippen LogP contribution < -0.4 is 20.1 Å². The van der Waals surface area contributed by atoms with Crippen LogP contribution in [0.4, 0.5) is 19.0 Å². The summed E-state index contributed by atoms with van der Waals surface area (Å²) in [6.07, 6.45) is 1.54. The van der Waals surface area contributed by atoms with Crippen LogP contribution in [0, 0.1) is 11.3 Å². The quantitative estimate of drug-likeness (QED) is 0.0989. The summed E-state index contributed by atoms with van der Waals surface area (Å²) < 4.78 is 48.9. The summed E-state index contributed by atoms with van der Waals surface area (Å²) in [4.78, 5) is 21.7. The predicted molar refractivity (Wildman–Crippen MR) is 164 cm³/mol. The van der Waals surface area contributed by atoms with E-state index in [0.717, 1.165) is 43.7 Å². The molecule has 1 saturated heterocycles. The molecule has 0 aromatic carbocycles. The van der Waals surface area contributed by atoms with Gasteiger partial charge in [-0.05, 0) is 95.5 Å². The van der Waals surface area contributed by atoms with Crippen molar-refractivity contribution in [2.24, 2.45) is 11.3 Å². The van der Waals surface area contributed by atoms with E-state index in [4.69, 9.17) is 16.3 Å². The summed E-state index contributed by atoms with van der Waals surface area (Å²) in [5.41, 5.74) is -1.12. The standard InChI is InChI=1S/C30H37ClF3N7O2S/c1-28(2)18-20(19-36-28)6-4-15-35-22-7-3-8-25(37-22)44-40-27(42)21-9-10-23(38-26(21)31)41-16-11-24(39-41)43-17-5-12-29(13-14-29)30(32,33)34/h3,7-11,16,20,36H,4-6,12-15,17-19H2,1-2H3,(H,35,37)(H,40,42)/t20-/m0/s1. The average Bonchev–Trinajstić information content (AvgIpc) is 3.50. The maximum absolute atomic E-state index is 13.1. The number of anilines is 1. The number of aromatic nitrogens is 4. The van der Waals surface area contributed by atoms with Gasteiger partial charge in [0, 0.05) is 36.3 Å². The molecule has 0 radical (unpaired) electrons. The van der Waals surface area contributed by atoms with Crippen LogP contribution in [-0.2, 0) is 0 Å². The third-order valence-electron chi connectivity index (χ3n) is 8.12. The molecular weight excluding hydrogens is 615 g/mol. The first-order valence-corrected chi connectivity index (χ1v) is 16.0. The smallest absolute Gasteiger partial charge is 0.394 e. The molecule has 1 atom stereocenters. The molecule has 1 saturated carbocycles. The molecule has 3 aromatic heterocycles.